The average molecular weight is 368 g/mol. The third-order valence-corrected chi connectivity index (χ3v) is 3.59. The first-order valence-corrected chi connectivity index (χ1v) is 7.88. The molecule has 0 bridgehead atoms. The Balaban J connectivity index is 2.33. The summed E-state index contributed by atoms with van der Waals surface area (Å²) in [5.74, 6) is -2.08. The highest BCUT2D eigenvalue weighted by molar-refractivity contribution is 5.75. The van der Waals surface area contributed by atoms with Crippen molar-refractivity contribution in [3.8, 4) is 0 Å². The van der Waals surface area contributed by atoms with Gasteiger partial charge in [-0.05, 0) is 6.07 Å². The highest BCUT2D eigenvalue weighted by atomic mass is 16.6. The first kappa shape index (κ1) is 19.6. The van der Waals surface area contributed by atoms with E-state index in [4.69, 9.17) is 18.9 Å². The molecule has 1 saturated heterocycles. The second-order valence-corrected chi connectivity index (χ2v) is 5.75. The lowest BCUT2D eigenvalue weighted by molar-refractivity contribution is -0.165. The number of ether oxygens (including phenoxy) is 4. The lowest BCUT2D eigenvalue weighted by Crippen LogP contribution is -2.40. The zero-order valence-electron chi connectivity index (χ0n) is 14.8. The Labute approximate surface area is 149 Å². The van der Waals surface area contributed by atoms with Gasteiger partial charge in [-0.2, -0.15) is 5.10 Å². The molecule has 0 aromatic carbocycles. The van der Waals surface area contributed by atoms with E-state index in [1.165, 1.54) is 40.0 Å². The minimum absolute atomic E-state index is 0.199. The molecule has 4 atom stereocenters. The number of rotatable bonds is 5. The van der Waals surface area contributed by atoms with E-state index in [1.54, 1.807) is 0 Å². The molecular formula is C16H20N2O8. The van der Waals surface area contributed by atoms with Crippen molar-refractivity contribution in [2.75, 3.05) is 6.61 Å². The number of nitrogens with zero attached hydrogens (tertiary/aromatic N) is 2. The summed E-state index contributed by atoms with van der Waals surface area (Å²) in [4.78, 5) is 45.5. The van der Waals surface area contributed by atoms with E-state index < -0.39 is 42.3 Å². The summed E-state index contributed by atoms with van der Waals surface area (Å²) in [6.07, 6.45) is -2.33. The predicted octanol–water partition coefficient (Wildman–Crippen LogP) is 0.410. The summed E-state index contributed by atoms with van der Waals surface area (Å²) in [6, 6.07) is 1.53. The van der Waals surface area contributed by atoms with Crippen LogP contribution >= 0.6 is 0 Å². The zero-order chi connectivity index (χ0) is 19.4. The summed E-state index contributed by atoms with van der Waals surface area (Å²) in [5, 5.41) is 4.10. The molecular weight excluding hydrogens is 348 g/mol. The molecule has 2 heterocycles. The Morgan fingerprint density at radius 2 is 1.65 bits per heavy atom. The first-order chi connectivity index (χ1) is 12.2. The van der Waals surface area contributed by atoms with E-state index in [0.717, 1.165) is 4.68 Å². The SMILES string of the molecule is CC(=O)OC[C@H]1O[C@@H](c2ccn(C(C)=O)n2)C(OC(C)=O)C1OC(C)=O. The number of carbonyl (C=O) groups excluding carboxylic acids is 4. The number of aromatic nitrogens is 2. The van der Waals surface area contributed by atoms with Gasteiger partial charge in [0.1, 0.15) is 18.8 Å². The Morgan fingerprint density at radius 3 is 2.15 bits per heavy atom. The molecule has 10 heteroatoms. The molecule has 0 saturated carbocycles. The third-order valence-electron chi connectivity index (χ3n) is 3.59. The van der Waals surface area contributed by atoms with Gasteiger partial charge in [-0.15, -0.1) is 0 Å². The highest BCUT2D eigenvalue weighted by Gasteiger charge is 2.51. The second kappa shape index (κ2) is 8.09. The number of hydrogen-bond acceptors (Lipinski definition) is 9. The molecule has 0 amide bonds. The third kappa shape index (κ3) is 4.66. The molecule has 1 aliphatic heterocycles. The molecule has 0 spiro atoms. The van der Waals surface area contributed by atoms with Gasteiger partial charge in [-0.3, -0.25) is 19.2 Å². The minimum atomic E-state index is -1.01. The van der Waals surface area contributed by atoms with Gasteiger partial charge in [0.2, 0.25) is 5.91 Å². The van der Waals surface area contributed by atoms with E-state index >= 15 is 0 Å². The van der Waals surface area contributed by atoms with Gasteiger partial charge in [0.15, 0.2) is 12.2 Å². The minimum Gasteiger partial charge on any atom is -0.463 e. The van der Waals surface area contributed by atoms with Crippen LogP contribution in [-0.2, 0) is 33.3 Å². The molecule has 1 aromatic rings. The van der Waals surface area contributed by atoms with Crippen LogP contribution in [0, 0.1) is 0 Å². The summed E-state index contributed by atoms with van der Waals surface area (Å²) in [6.45, 7) is 4.77. The molecule has 26 heavy (non-hydrogen) atoms. The number of hydrogen-bond donors (Lipinski definition) is 0. The molecule has 10 nitrogen and oxygen atoms in total. The van der Waals surface area contributed by atoms with Gasteiger partial charge in [0, 0.05) is 33.9 Å². The van der Waals surface area contributed by atoms with Crippen LogP contribution in [0.25, 0.3) is 0 Å². The van der Waals surface area contributed by atoms with Crippen LogP contribution in [0.5, 0.6) is 0 Å². The first-order valence-electron chi connectivity index (χ1n) is 7.88. The predicted molar refractivity (Wildman–Crippen MR) is 83.9 cm³/mol. The lowest BCUT2D eigenvalue weighted by atomic mass is 10.1. The summed E-state index contributed by atoms with van der Waals surface area (Å²) in [7, 11) is 0. The Hall–Kier alpha value is -2.75. The monoisotopic (exact) mass is 368 g/mol. The topological polar surface area (TPSA) is 123 Å². The van der Waals surface area contributed by atoms with Crippen LogP contribution in [0.4, 0.5) is 0 Å². The molecule has 0 radical (unpaired) electrons. The van der Waals surface area contributed by atoms with Crippen LogP contribution in [0.15, 0.2) is 12.3 Å². The van der Waals surface area contributed by atoms with Crippen LogP contribution < -0.4 is 0 Å². The normalized spacial score (nSPS) is 24.8. The fourth-order valence-corrected chi connectivity index (χ4v) is 2.62. The van der Waals surface area contributed by atoms with E-state index in [0.29, 0.717) is 5.69 Å². The van der Waals surface area contributed by atoms with E-state index in [9.17, 15) is 19.2 Å². The van der Waals surface area contributed by atoms with E-state index in [-0.39, 0.29) is 12.5 Å². The molecule has 1 aliphatic rings. The van der Waals surface area contributed by atoms with E-state index in [1.807, 2.05) is 0 Å². The van der Waals surface area contributed by atoms with Crippen LogP contribution in [0.3, 0.4) is 0 Å². The smallest absolute Gasteiger partial charge is 0.303 e. The Kier molecular flexibility index (Phi) is 6.09. The van der Waals surface area contributed by atoms with Gasteiger partial charge in [-0.1, -0.05) is 0 Å². The highest BCUT2D eigenvalue weighted by Crippen LogP contribution is 2.37. The molecule has 1 fully saturated rings. The van der Waals surface area contributed by atoms with Gasteiger partial charge in [-0.25, -0.2) is 4.68 Å². The Morgan fingerprint density at radius 1 is 1.04 bits per heavy atom. The molecule has 142 valence electrons. The van der Waals surface area contributed by atoms with Gasteiger partial charge >= 0.3 is 17.9 Å². The number of esters is 3. The van der Waals surface area contributed by atoms with Crippen molar-refractivity contribution >= 4 is 23.8 Å². The van der Waals surface area contributed by atoms with Crippen molar-refractivity contribution in [3.05, 3.63) is 18.0 Å². The fourth-order valence-electron chi connectivity index (χ4n) is 2.62. The van der Waals surface area contributed by atoms with Crippen molar-refractivity contribution in [3.63, 3.8) is 0 Å². The van der Waals surface area contributed by atoms with Crippen molar-refractivity contribution in [2.24, 2.45) is 0 Å². The maximum Gasteiger partial charge on any atom is 0.303 e. The average Bonchev–Trinajstić information content (AvgIpc) is 3.11. The standard InChI is InChI=1S/C16H20N2O8/c1-8(19)18-6-5-12(17-18)14-16(25-11(4)22)15(24-10(3)21)13(26-14)7-23-9(2)20/h5-6,13-16H,7H2,1-4H3/t13-,14+,15?,16?/m1/s1. The van der Waals surface area contributed by atoms with Crippen molar-refractivity contribution < 1.29 is 38.1 Å². The van der Waals surface area contributed by atoms with Crippen molar-refractivity contribution in [1.82, 2.24) is 9.78 Å². The van der Waals surface area contributed by atoms with Crippen LogP contribution in [0.2, 0.25) is 0 Å². The van der Waals surface area contributed by atoms with Gasteiger partial charge in [0.25, 0.3) is 0 Å². The fraction of sp³-hybridized carbons (Fsp3) is 0.562. The molecule has 0 N–H and O–H groups in total. The summed E-state index contributed by atoms with van der Waals surface area (Å²) >= 11 is 0. The summed E-state index contributed by atoms with van der Waals surface area (Å²) in [5.41, 5.74) is 0.314. The van der Waals surface area contributed by atoms with Crippen LogP contribution in [-0.4, -0.2) is 58.5 Å². The van der Waals surface area contributed by atoms with E-state index in [2.05, 4.69) is 5.10 Å². The molecule has 1 aromatic heterocycles. The van der Waals surface area contributed by atoms with Crippen molar-refractivity contribution in [2.45, 2.75) is 52.1 Å². The molecule has 0 aliphatic carbocycles. The second-order valence-electron chi connectivity index (χ2n) is 5.75. The molecule has 2 unspecified atom stereocenters. The lowest BCUT2D eigenvalue weighted by Gasteiger charge is -2.22. The zero-order valence-corrected chi connectivity index (χ0v) is 14.8. The maximum absolute atomic E-state index is 11.5. The van der Waals surface area contributed by atoms with Crippen LogP contribution in [0.1, 0.15) is 44.3 Å². The number of carbonyl (C=O) groups is 4. The summed E-state index contributed by atoms with van der Waals surface area (Å²) < 4.78 is 22.4. The van der Waals surface area contributed by atoms with Crippen molar-refractivity contribution in [1.29, 1.82) is 0 Å². The van der Waals surface area contributed by atoms with Gasteiger partial charge in [0.05, 0.1) is 5.69 Å². The molecule has 2 rings (SSSR count). The quantitative estimate of drug-likeness (QED) is 0.537. The van der Waals surface area contributed by atoms with Gasteiger partial charge < -0.3 is 18.9 Å². The maximum atomic E-state index is 11.5. The Bertz CT molecular complexity index is 713. The largest absolute Gasteiger partial charge is 0.463 e.